The molecule has 0 spiro atoms. The third-order valence-corrected chi connectivity index (χ3v) is 3.31. The maximum atomic E-state index is 12.1. The Morgan fingerprint density at radius 2 is 1.50 bits per heavy atom. The fraction of sp³-hybridized carbons (Fsp3) is 0.857. The molecule has 1 aliphatic heterocycles. The lowest BCUT2D eigenvalue weighted by molar-refractivity contribution is -0.144. The Balaban J connectivity index is 2.41. The maximum Gasteiger partial charge on any atom is 0.228 e. The predicted octanol–water partition coefficient (Wildman–Crippen LogP) is 1.89. The number of rotatable bonds is 3. The molecule has 0 saturated carbocycles. The van der Waals surface area contributed by atoms with E-state index < -0.39 is 0 Å². The van der Waals surface area contributed by atoms with Crippen molar-refractivity contribution in [1.29, 1.82) is 0 Å². The molecule has 4 nitrogen and oxygen atoms in total. The summed E-state index contributed by atoms with van der Waals surface area (Å²) in [6, 6.07) is 0. The third kappa shape index (κ3) is 4.00. The normalized spacial score (nSPS) is 16.9. The molecule has 0 atom stereocenters. The first-order chi connectivity index (χ1) is 8.36. The van der Waals surface area contributed by atoms with Crippen molar-refractivity contribution < 1.29 is 9.59 Å². The van der Waals surface area contributed by atoms with E-state index in [0.29, 0.717) is 32.6 Å². The van der Waals surface area contributed by atoms with E-state index in [1.165, 1.54) is 0 Å². The Morgan fingerprint density at radius 3 is 1.94 bits per heavy atom. The number of amides is 2. The van der Waals surface area contributed by atoms with Gasteiger partial charge in [-0.15, -0.1) is 0 Å². The van der Waals surface area contributed by atoms with Gasteiger partial charge in [0.2, 0.25) is 11.8 Å². The fourth-order valence-electron chi connectivity index (χ4n) is 2.12. The molecule has 0 N–H and O–H groups in total. The van der Waals surface area contributed by atoms with E-state index in [0.717, 1.165) is 12.8 Å². The first-order valence-electron chi connectivity index (χ1n) is 6.93. The summed E-state index contributed by atoms with van der Waals surface area (Å²) in [6.45, 7) is 10.6. The number of carbonyl (C=O) groups excluding carboxylic acids is 2. The third-order valence-electron chi connectivity index (χ3n) is 3.31. The SMILES string of the molecule is CCCCC(=O)N1CCN(C(=O)C(C)(C)C)CC1. The van der Waals surface area contributed by atoms with E-state index in [-0.39, 0.29) is 17.2 Å². The summed E-state index contributed by atoms with van der Waals surface area (Å²) < 4.78 is 0. The number of hydrogen-bond donors (Lipinski definition) is 0. The lowest BCUT2D eigenvalue weighted by Gasteiger charge is -2.37. The lowest BCUT2D eigenvalue weighted by Crippen LogP contribution is -2.53. The van der Waals surface area contributed by atoms with E-state index >= 15 is 0 Å². The van der Waals surface area contributed by atoms with E-state index in [4.69, 9.17) is 0 Å². The Labute approximate surface area is 110 Å². The highest BCUT2D eigenvalue weighted by atomic mass is 16.2. The molecule has 0 aliphatic carbocycles. The van der Waals surface area contributed by atoms with Gasteiger partial charge in [-0.3, -0.25) is 9.59 Å². The zero-order chi connectivity index (χ0) is 13.8. The van der Waals surface area contributed by atoms with Crippen molar-refractivity contribution in [3.05, 3.63) is 0 Å². The standard InChI is InChI=1S/C14H26N2O2/c1-5-6-7-12(17)15-8-10-16(11-9-15)13(18)14(2,3)4/h5-11H2,1-4H3. The van der Waals surface area contributed by atoms with Gasteiger partial charge in [-0.1, -0.05) is 34.1 Å². The lowest BCUT2D eigenvalue weighted by atomic mass is 9.94. The van der Waals surface area contributed by atoms with Crippen molar-refractivity contribution in [3.8, 4) is 0 Å². The van der Waals surface area contributed by atoms with Gasteiger partial charge in [0.15, 0.2) is 0 Å². The number of nitrogens with zero attached hydrogens (tertiary/aromatic N) is 2. The molecule has 0 aromatic heterocycles. The second-order valence-corrected chi connectivity index (χ2v) is 6.03. The van der Waals surface area contributed by atoms with Gasteiger partial charge >= 0.3 is 0 Å². The van der Waals surface area contributed by atoms with Crippen LogP contribution in [0.25, 0.3) is 0 Å². The molecule has 0 aromatic rings. The second-order valence-electron chi connectivity index (χ2n) is 6.03. The summed E-state index contributed by atoms with van der Waals surface area (Å²) in [7, 11) is 0. The fourth-order valence-corrected chi connectivity index (χ4v) is 2.12. The van der Waals surface area contributed by atoms with Gasteiger partial charge in [-0.2, -0.15) is 0 Å². The molecule has 104 valence electrons. The molecule has 1 heterocycles. The van der Waals surface area contributed by atoms with Crippen LogP contribution in [0, 0.1) is 5.41 Å². The maximum absolute atomic E-state index is 12.1. The highest BCUT2D eigenvalue weighted by molar-refractivity contribution is 5.82. The molecule has 1 fully saturated rings. The van der Waals surface area contributed by atoms with Gasteiger partial charge in [-0.05, 0) is 6.42 Å². The van der Waals surface area contributed by atoms with Gasteiger partial charge in [0.1, 0.15) is 0 Å². The second kappa shape index (κ2) is 6.21. The van der Waals surface area contributed by atoms with E-state index in [1.54, 1.807) is 0 Å². The minimum atomic E-state index is -0.325. The first-order valence-corrected chi connectivity index (χ1v) is 6.93. The predicted molar refractivity (Wildman–Crippen MR) is 72.1 cm³/mol. The van der Waals surface area contributed by atoms with Crippen LogP contribution in [0.5, 0.6) is 0 Å². The zero-order valence-electron chi connectivity index (χ0n) is 12.2. The molecule has 1 saturated heterocycles. The van der Waals surface area contributed by atoms with Crippen molar-refractivity contribution in [2.45, 2.75) is 47.0 Å². The van der Waals surface area contributed by atoms with Crippen molar-refractivity contribution in [2.24, 2.45) is 5.41 Å². The van der Waals surface area contributed by atoms with Gasteiger partial charge in [0.05, 0.1) is 0 Å². The van der Waals surface area contributed by atoms with Crippen molar-refractivity contribution >= 4 is 11.8 Å². The summed E-state index contributed by atoms with van der Waals surface area (Å²) in [6.07, 6.45) is 2.65. The molecule has 1 aliphatic rings. The Bertz CT molecular complexity index is 299. The minimum absolute atomic E-state index is 0.183. The van der Waals surface area contributed by atoms with E-state index in [9.17, 15) is 9.59 Å². The molecule has 0 radical (unpaired) electrons. The molecular weight excluding hydrogens is 228 g/mol. The average Bonchev–Trinajstić information content (AvgIpc) is 2.34. The quantitative estimate of drug-likeness (QED) is 0.771. The molecule has 0 bridgehead atoms. The highest BCUT2D eigenvalue weighted by Gasteiger charge is 2.30. The first kappa shape index (κ1) is 15.0. The minimum Gasteiger partial charge on any atom is -0.339 e. The van der Waals surface area contributed by atoms with Gasteiger partial charge in [0, 0.05) is 38.0 Å². The summed E-state index contributed by atoms with van der Waals surface area (Å²) in [4.78, 5) is 27.7. The van der Waals surface area contributed by atoms with Gasteiger partial charge in [0.25, 0.3) is 0 Å². The summed E-state index contributed by atoms with van der Waals surface area (Å²) >= 11 is 0. The molecule has 2 amide bonds. The number of unbranched alkanes of at least 4 members (excludes halogenated alkanes) is 1. The van der Waals surface area contributed by atoms with Crippen LogP contribution in [0.3, 0.4) is 0 Å². The van der Waals surface area contributed by atoms with E-state index in [2.05, 4.69) is 6.92 Å². The number of carbonyl (C=O) groups is 2. The van der Waals surface area contributed by atoms with Gasteiger partial charge < -0.3 is 9.80 Å². The van der Waals surface area contributed by atoms with Crippen molar-refractivity contribution in [3.63, 3.8) is 0 Å². The average molecular weight is 254 g/mol. The van der Waals surface area contributed by atoms with Crippen LogP contribution < -0.4 is 0 Å². The van der Waals surface area contributed by atoms with Crippen LogP contribution in [-0.2, 0) is 9.59 Å². The molecular formula is C14H26N2O2. The van der Waals surface area contributed by atoms with Gasteiger partial charge in [-0.25, -0.2) is 0 Å². The largest absolute Gasteiger partial charge is 0.339 e. The molecule has 18 heavy (non-hydrogen) atoms. The smallest absolute Gasteiger partial charge is 0.228 e. The highest BCUT2D eigenvalue weighted by Crippen LogP contribution is 2.18. The summed E-state index contributed by atoms with van der Waals surface area (Å²) in [5, 5.41) is 0. The summed E-state index contributed by atoms with van der Waals surface area (Å²) in [5.74, 6) is 0.419. The van der Waals surface area contributed by atoms with Crippen LogP contribution >= 0.6 is 0 Å². The van der Waals surface area contributed by atoms with Crippen molar-refractivity contribution in [2.75, 3.05) is 26.2 Å². The zero-order valence-corrected chi connectivity index (χ0v) is 12.2. The van der Waals surface area contributed by atoms with E-state index in [1.807, 2.05) is 30.6 Å². The topological polar surface area (TPSA) is 40.6 Å². The Morgan fingerprint density at radius 1 is 1.00 bits per heavy atom. The molecule has 0 unspecified atom stereocenters. The number of piperazine rings is 1. The Hall–Kier alpha value is -1.06. The van der Waals surface area contributed by atoms with Crippen LogP contribution in [0.2, 0.25) is 0 Å². The van der Waals surface area contributed by atoms with Crippen LogP contribution in [0.15, 0.2) is 0 Å². The summed E-state index contributed by atoms with van der Waals surface area (Å²) in [5.41, 5.74) is -0.325. The number of hydrogen-bond acceptors (Lipinski definition) is 2. The molecule has 4 heteroatoms. The van der Waals surface area contributed by atoms with Crippen LogP contribution in [-0.4, -0.2) is 47.8 Å². The Kier molecular flexibility index (Phi) is 5.17. The van der Waals surface area contributed by atoms with Crippen molar-refractivity contribution in [1.82, 2.24) is 9.80 Å². The molecule has 1 rings (SSSR count). The monoisotopic (exact) mass is 254 g/mol. The van der Waals surface area contributed by atoms with Crippen LogP contribution in [0.1, 0.15) is 47.0 Å². The van der Waals surface area contributed by atoms with Crippen LogP contribution in [0.4, 0.5) is 0 Å². The molecule has 0 aromatic carbocycles.